The first kappa shape index (κ1) is 21.9. The molecule has 0 saturated heterocycles. The second-order valence-electron chi connectivity index (χ2n) is 8.05. The van der Waals surface area contributed by atoms with Crippen molar-refractivity contribution in [2.45, 2.75) is 0 Å². The molecule has 0 radical (unpaired) electrons. The zero-order chi connectivity index (χ0) is 23.2. The third-order valence-electron chi connectivity index (χ3n) is 6.06. The summed E-state index contributed by atoms with van der Waals surface area (Å²) in [5.74, 6) is 0.846. The fourth-order valence-corrected chi connectivity index (χ4v) is 8.91. The number of para-hydroxylation sites is 1. The molecule has 5 aromatic carbocycles. The lowest BCUT2D eigenvalue weighted by molar-refractivity contribution is 0.415. The van der Waals surface area contributed by atoms with E-state index in [1.807, 2.05) is 12.1 Å². The van der Waals surface area contributed by atoms with Crippen LogP contribution >= 0.6 is 7.26 Å². The molecule has 0 heterocycles. The van der Waals surface area contributed by atoms with Crippen LogP contribution in [0.3, 0.4) is 0 Å². The molecule has 2 nitrogen and oxygen atoms in total. The molecule has 3 heteroatoms. The average molecular weight is 461 g/mol. The first-order chi connectivity index (χ1) is 16.8. The first-order valence-corrected chi connectivity index (χ1v) is 13.2. The van der Waals surface area contributed by atoms with E-state index in [4.69, 9.17) is 4.74 Å². The number of hydrogen-bond acceptors (Lipinski definition) is 2. The highest BCUT2D eigenvalue weighted by atomic mass is 31.2. The SMILES string of the molecule is COc1ccc(Nc2ccccc2[P+](c2ccccc2)(c2ccccc2)c2ccccc2)cc1. The van der Waals surface area contributed by atoms with Crippen LogP contribution in [0.4, 0.5) is 11.4 Å². The summed E-state index contributed by atoms with van der Waals surface area (Å²) in [5.41, 5.74) is 2.14. The number of rotatable bonds is 7. The fourth-order valence-electron chi connectivity index (χ4n) is 4.52. The van der Waals surface area contributed by atoms with Gasteiger partial charge in [-0.1, -0.05) is 66.7 Å². The Morgan fingerprint density at radius 1 is 0.500 bits per heavy atom. The van der Waals surface area contributed by atoms with Gasteiger partial charge in [-0.2, -0.15) is 0 Å². The Morgan fingerprint density at radius 2 is 0.941 bits per heavy atom. The second-order valence-corrected chi connectivity index (χ2v) is 11.4. The van der Waals surface area contributed by atoms with Crippen molar-refractivity contribution in [2.75, 3.05) is 12.4 Å². The highest BCUT2D eigenvalue weighted by Gasteiger charge is 2.49. The number of hydrogen-bond donors (Lipinski definition) is 1. The van der Waals surface area contributed by atoms with Gasteiger partial charge in [0.1, 0.15) is 34.2 Å². The van der Waals surface area contributed by atoms with Crippen LogP contribution in [0, 0.1) is 0 Å². The predicted octanol–water partition coefficient (Wildman–Crippen LogP) is 6.06. The quantitative estimate of drug-likeness (QED) is 0.298. The molecular formula is C31H27NOP+. The van der Waals surface area contributed by atoms with Crippen molar-refractivity contribution in [1.29, 1.82) is 0 Å². The van der Waals surface area contributed by atoms with Crippen molar-refractivity contribution in [3.63, 3.8) is 0 Å². The molecule has 0 amide bonds. The molecule has 0 saturated carbocycles. The normalized spacial score (nSPS) is 11.1. The maximum Gasteiger partial charge on any atom is 0.146 e. The fraction of sp³-hybridized carbons (Fsp3) is 0.0323. The van der Waals surface area contributed by atoms with E-state index >= 15 is 0 Å². The molecule has 0 aliphatic carbocycles. The Balaban J connectivity index is 1.79. The van der Waals surface area contributed by atoms with Gasteiger partial charge in [0.15, 0.2) is 0 Å². The van der Waals surface area contributed by atoms with Gasteiger partial charge in [-0.25, -0.2) is 0 Å². The Hall–Kier alpha value is -3.87. The molecule has 5 rings (SSSR count). The minimum atomic E-state index is -2.18. The third-order valence-corrected chi connectivity index (χ3v) is 10.4. The van der Waals surface area contributed by atoms with Gasteiger partial charge in [-0.15, -0.1) is 0 Å². The lowest BCUT2D eigenvalue weighted by atomic mass is 10.2. The summed E-state index contributed by atoms with van der Waals surface area (Å²) in [5, 5.41) is 9.00. The van der Waals surface area contributed by atoms with Gasteiger partial charge in [-0.05, 0) is 72.8 Å². The van der Waals surface area contributed by atoms with Crippen LogP contribution in [0.25, 0.3) is 0 Å². The monoisotopic (exact) mass is 460 g/mol. The summed E-state index contributed by atoms with van der Waals surface area (Å²) in [6.45, 7) is 0. The van der Waals surface area contributed by atoms with Crippen LogP contribution in [0.5, 0.6) is 5.75 Å². The van der Waals surface area contributed by atoms with Gasteiger partial charge >= 0.3 is 0 Å². The molecule has 0 fully saturated rings. The van der Waals surface area contributed by atoms with Gasteiger partial charge < -0.3 is 10.1 Å². The molecule has 34 heavy (non-hydrogen) atoms. The number of nitrogens with one attached hydrogen (secondary N) is 1. The van der Waals surface area contributed by atoms with E-state index in [2.05, 4.69) is 133 Å². The smallest absolute Gasteiger partial charge is 0.146 e. The molecule has 0 atom stereocenters. The lowest BCUT2D eigenvalue weighted by Crippen LogP contribution is -2.39. The summed E-state index contributed by atoms with van der Waals surface area (Å²) in [7, 11) is -0.492. The summed E-state index contributed by atoms with van der Waals surface area (Å²) in [6.07, 6.45) is 0. The highest BCUT2D eigenvalue weighted by molar-refractivity contribution is 8.01. The highest BCUT2D eigenvalue weighted by Crippen LogP contribution is 2.55. The number of anilines is 2. The summed E-state index contributed by atoms with van der Waals surface area (Å²) >= 11 is 0. The zero-order valence-corrected chi connectivity index (χ0v) is 20.0. The molecular weight excluding hydrogens is 433 g/mol. The van der Waals surface area contributed by atoms with Gasteiger partial charge in [0.2, 0.25) is 0 Å². The molecule has 0 unspecified atom stereocenters. The lowest BCUT2D eigenvalue weighted by Gasteiger charge is -2.29. The van der Waals surface area contributed by atoms with Gasteiger partial charge in [0.05, 0.1) is 12.8 Å². The Kier molecular flexibility index (Phi) is 6.42. The van der Waals surface area contributed by atoms with Gasteiger partial charge in [0.25, 0.3) is 0 Å². The van der Waals surface area contributed by atoms with E-state index in [0.717, 1.165) is 17.1 Å². The molecule has 0 aromatic heterocycles. The van der Waals surface area contributed by atoms with E-state index in [1.54, 1.807) is 7.11 Å². The van der Waals surface area contributed by atoms with E-state index < -0.39 is 7.26 Å². The van der Waals surface area contributed by atoms with Crippen LogP contribution in [0.15, 0.2) is 140 Å². The topological polar surface area (TPSA) is 21.3 Å². The van der Waals surface area contributed by atoms with E-state index in [1.165, 1.54) is 21.2 Å². The standard InChI is InChI=1S/C31H27NOP/c1-33-26-23-21-25(22-24-26)32-30-19-11-12-20-31(30)34(27-13-5-2-6-14-27,28-15-7-3-8-16-28)29-17-9-4-10-18-29/h2-24,32H,1H3/q+1. The number of methoxy groups -OCH3 is 1. The van der Waals surface area contributed by atoms with Crippen LogP contribution < -0.4 is 31.3 Å². The van der Waals surface area contributed by atoms with Crippen LogP contribution in [-0.4, -0.2) is 7.11 Å². The zero-order valence-electron chi connectivity index (χ0n) is 19.1. The Bertz CT molecular complexity index is 1240. The number of benzene rings is 5. The van der Waals surface area contributed by atoms with Crippen molar-refractivity contribution < 1.29 is 4.74 Å². The largest absolute Gasteiger partial charge is 0.497 e. The van der Waals surface area contributed by atoms with Crippen molar-refractivity contribution in [3.05, 3.63) is 140 Å². The van der Waals surface area contributed by atoms with Crippen molar-refractivity contribution in [2.24, 2.45) is 0 Å². The van der Waals surface area contributed by atoms with Crippen LogP contribution in [-0.2, 0) is 0 Å². The molecule has 0 aliphatic heterocycles. The molecule has 5 aromatic rings. The number of ether oxygens (including phenoxy) is 1. The average Bonchev–Trinajstić information content (AvgIpc) is 2.92. The van der Waals surface area contributed by atoms with Gasteiger partial charge in [0, 0.05) is 5.69 Å². The maximum absolute atomic E-state index is 5.35. The summed E-state index contributed by atoms with van der Waals surface area (Å²) in [6, 6.07) is 49.6. The Morgan fingerprint density at radius 3 is 1.41 bits per heavy atom. The van der Waals surface area contributed by atoms with Crippen molar-refractivity contribution in [1.82, 2.24) is 0 Å². The van der Waals surface area contributed by atoms with E-state index in [0.29, 0.717) is 0 Å². The minimum absolute atomic E-state index is 0.846. The maximum atomic E-state index is 5.35. The molecule has 1 N–H and O–H groups in total. The van der Waals surface area contributed by atoms with Crippen molar-refractivity contribution in [3.8, 4) is 5.75 Å². The summed E-state index contributed by atoms with van der Waals surface area (Å²) < 4.78 is 5.35. The van der Waals surface area contributed by atoms with Crippen LogP contribution in [0.1, 0.15) is 0 Å². The Labute approximate surface area is 202 Å². The second kappa shape index (κ2) is 9.95. The van der Waals surface area contributed by atoms with Crippen molar-refractivity contribution >= 4 is 39.9 Å². The predicted molar refractivity (Wildman–Crippen MR) is 148 cm³/mol. The van der Waals surface area contributed by atoms with E-state index in [9.17, 15) is 0 Å². The third kappa shape index (κ3) is 4.09. The summed E-state index contributed by atoms with van der Waals surface area (Å²) in [4.78, 5) is 0. The van der Waals surface area contributed by atoms with E-state index in [-0.39, 0.29) is 0 Å². The van der Waals surface area contributed by atoms with Crippen LogP contribution in [0.2, 0.25) is 0 Å². The molecule has 0 bridgehead atoms. The molecule has 166 valence electrons. The molecule has 0 aliphatic rings. The molecule has 0 spiro atoms. The van der Waals surface area contributed by atoms with Gasteiger partial charge in [-0.3, -0.25) is 0 Å². The minimum Gasteiger partial charge on any atom is -0.497 e. The first-order valence-electron chi connectivity index (χ1n) is 11.4.